The van der Waals surface area contributed by atoms with Gasteiger partial charge in [-0.15, -0.1) is 0 Å². The zero-order valence-corrected chi connectivity index (χ0v) is 6.13. The summed E-state index contributed by atoms with van der Waals surface area (Å²) in [6, 6.07) is 7.98. The molecule has 0 atom stereocenters. The van der Waals surface area contributed by atoms with Crippen molar-refractivity contribution in [2.75, 3.05) is 6.54 Å². The van der Waals surface area contributed by atoms with Gasteiger partial charge in [0, 0.05) is 18.7 Å². The van der Waals surface area contributed by atoms with Crippen LogP contribution in [0.3, 0.4) is 0 Å². The molecular weight excluding hydrogens is 138 g/mol. The molecule has 2 rings (SSSR count). The Morgan fingerprint density at radius 3 is 3.27 bits per heavy atom. The quantitative estimate of drug-likeness (QED) is 0.595. The molecule has 1 N–H and O–H groups in total. The van der Waals surface area contributed by atoms with Crippen molar-refractivity contribution in [3.05, 3.63) is 36.4 Å². The molecule has 0 unspecified atom stereocenters. The molecule has 2 radical (unpaired) electrons. The zero-order chi connectivity index (χ0) is 7.52. The van der Waals surface area contributed by atoms with Gasteiger partial charge in [-0.2, -0.15) is 0 Å². The SMILES string of the molecule is [C]1CNCc2ccccc2O1. The molecular formula is C9H9NO. The van der Waals surface area contributed by atoms with E-state index in [9.17, 15) is 0 Å². The number of ether oxygens (including phenoxy) is 1. The van der Waals surface area contributed by atoms with Gasteiger partial charge in [0.1, 0.15) is 5.75 Å². The molecule has 1 aliphatic rings. The van der Waals surface area contributed by atoms with E-state index < -0.39 is 0 Å². The van der Waals surface area contributed by atoms with Gasteiger partial charge in [-0.05, 0) is 6.07 Å². The fourth-order valence-corrected chi connectivity index (χ4v) is 1.11. The summed E-state index contributed by atoms with van der Waals surface area (Å²) < 4.78 is 5.24. The number of hydrogen-bond donors (Lipinski definition) is 1. The zero-order valence-electron chi connectivity index (χ0n) is 6.13. The van der Waals surface area contributed by atoms with Crippen LogP contribution >= 0.6 is 0 Å². The minimum Gasteiger partial charge on any atom is -0.477 e. The third kappa shape index (κ3) is 1.35. The van der Waals surface area contributed by atoms with E-state index in [-0.39, 0.29) is 0 Å². The van der Waals surface area contributed by atoms with Crippen LogP contribution in [0.2, 0.25) is 0 Å². The first-order chi connectivity index (χ1) is 5.47. The molecule has 0 aliphatic carbocycles. The van der Waals surface area contributed by atoms with Gasteiger partial charge in [-0.1, -0.05) is 18.2 Å². The molecule has 0 spiro atoms. The highest BCUT2D eigenvalue weighted by molar-refractivity contribution is 5.34. The summed E-state index contributed by atoms with van der Waals surface area (Å²) in [6.45, 7) is 4.35. The summed E-state index contributed by atoms with van der Waals surface area (Å²) in [5.41, 5.74) is 1.19. The van der Waals surface area contributed by atoms with Gasteiger partial charge < -0.3 is 10.1 Å². The Balaban J connectivity index is 2.33. The van der Waals surface area contributed by atoms with Crippen LogP contribution in [0.5, 0.6) is 5.75 Å². The highest BCUT2D eigenvalue weighted by Crippen LogP contribution is 2.19. The second-order valence-corrected chi connectivity index (χ2v) is 2.46. The predicted molar refractivity (Wildman–Crippen MR) is 42.0 cm³/mol. The number of para-hydroxylation sites is 1. The lowest BCUT2D eigenvalue weighted by molar-refractivity contribution is 0.405. The molecule has 0 saturated heterocycles. The van der Waals surface area contributed by atoms with E-state index in [1.165, 1.54) is 5.56 Å². The second kappa shape index (κ2) is 2.93. The number of rotatable bonds is 0. The van der Waals surface area contributed by atoms with Gasteiger partial charge in [0.05, 0.1) is 0 Å². The van der Waals surface area contributed by atoms with Gasteiger partial charge in [-0.3, -0.25) is 0 Å². The Labute approximate surface area is 66.2 Å². The third-order valence-electron chi connectivity index (χ3n) is 1.67. The summed E-state index contributed by atoms with van der Waals surface area (Å²) in [6.07, 6.45) is 0. The van der Waals surface area contributed by atoms with Crippen molar-refractivity contribution in [1.29, 1.82) is 0 Å². The lowest BCUT2D eigenvalue weighted by atomic mass is 10.2. The number of benzene rings is 1. The van der Waals surface area contributed by atoms with Crippen molar-refractivity contribution >= 4 is 0 Å². The topological polar surface area (TPSA) is 21.3 Å². The Morgan fingerprint density at radius 1 is 1.36 bits per heavy atom. The van der Waals surface area contributed by atoms with Crippen molar-refractivity contribution in [2.24, 2.45) is 0 Å². The van der Waals surface area contributed by atoms with E-state index in [4.69, 9.17) is 4.74 Å². The average molecular weight is 147 g/mol. The highest BCUT2D eigenvalue weighted by Gasteiger charge is 2.06. The fraction of sp³-hybridized carbons (Fsp3) is 0.222. The van der Waals surface area contributed by atoms with E-state index in [0.717, 1.165) is 12.3 Å². The van der Waals surface area contributed by atoms with Crippen molar-refractivity contribution in [2.45, 2.75) is 6.54 Å². The van der Waals surface area contributed by atoms with Crippen LogP contribution in [-0.4, -0.2) is 6.54 Å². The monoisotopic (exact) mass is 147 g/mol. The number of fused-ring (bicyclic) bond motifs is 1. The minimum absolute atomic E-state index is 0.689. The van der Waals surface area contributed by atoms with Crippen molar-refractivity contribution in [3.8, 4) is 5.75 Å². The highest BCUT2D eigenvalue weighted by atomic mass is 16.5. The van der Waals surface area contributed by atoms with E-state index in [1.54, 1.807) is 0 Å². The van der Waals surface area contributed by atoms with Crippen molar-refractivity contribution in [3.63, 3.8) is 0 Å². The first kappa shape index (κ1) is 6.68. The van der Waals surface area contributed by atoms with Gasteiger partial charge in [0.25, 0.3) is 0 Å². The lowest BCUT2D eigenvalue weighted by Crippen LogP contribution is -2.12. The van der Waals surface area contributed by atoms with E-state index >= 15 is 0 Å². The molecule has 1 heterocycles. The van der Waals surface area contributed by atoms with Crippen LogP contribution in [0.25, 0.3) is 0 Å². The molecule has 0 aromatic heterocycles. The normalized spacial score (nSPS) is 16.4. The third-order valence-corrected chi connectivity index (χ3v) is 1.67. The largest absolute Gasteiger partial charge is 0.477 e. The number of nitrogens with one attached hydrogen (secondary N) is 1. The standard InChI is InChI=1S/C9H9NO/c1-2-4-9-8(3-1)7-10-5-6-11-9/h1-4,10H,5,7H2. The molecule has 2 nitrogen and oxygen atoms in total. The molecule has 0 fully saturated rings. The Morgan fingerprint density at radius 2 is 2.27 bits per heavy atom. The molecule has 1 aromatic rings. The molecule has 0 amide bonds. The van der Waals surface area contributed by atoms with E-state index in [2.05, 4.69) is 18.0 Å². The van der Waals surface area contributed by atoms with Gasteiger partial charge >= 0.3 is 0 Å². The van der Waals surface area contributed by atoms with E-state index in [1.807, 2.05) is 18.2 Å². The molecule has 0 saturated carbocycles. The minimum atomic E-state index is 0.689. The summed E-state index contributed by atoms with van der Waals surface area (Å²) in [5.74, 6) is 0.914. The molecule has 1 aliphatic heterocycles. The Kier molecular flexibility index (Phi) is 1.78. The maximum atomic E-state index is 5.24. The predicted octanol–water partition coefficient (Wildman–Crippen LogP) is 1.21. The first-order valence-corrected chi connectivity index (χ1v) is 3.65. The Bertz CT molecular complexity index is 222. The lowest BCUT2D eigenvalue weighted by Gasteiger charge is -2.02. The van der Waals surface area contributed by atoms with Crippen LogP contribution < -0.4 is 10.1 Å². The first-order valence-electron chi connectivity index (χ1n) is 3.65. The summed E-state index contributed by atoms with van der Waals surface area (Å²) in [5, 5.41) is 3.17. The van der Waals surface area contributed by atoms with Crippen LogP contribution in [0.1, 0.15) is 5.56 Å². The van der Waals surface area contributed by atoms with Crippen LogP contribution in [0.15, 0.2) is 24.3 Å². The molecule has 11 heavy (non-hydrogen) atoms. The fourth-order valence-electron chi connectivity index (χ4n) is 1.11. The number of hydrogen-bond acceptors (Lipinski definition) is 2. The molecule has 2 heteroatoms. The summed E-state index contributed by atoms with van der Waals surface area (Å²) >= 11 is 0. The molecule has 56 valence electrons. The smallest absolute Gasteiger partial charge is 0.211 e. The van der Waals surface area contributed by atoms with Crippen LogP contribution in [0, 0.1) is 6.61 Å². The molecule has 0 bridgehead atoms. The summed E-state index contributed by atoms with van der Waals surface area (Å²) in [4.78, 5) is 0. The van der Waals surface area contributed by atoms with Crippen molar-refractivity contribution in [1.82, 2.24) is 5.32 Å². The Hall–Kier alpha value is -1.02. The maximum Gasteiger partial charge on any atom is 0.211 e. The second-order valence-electron chi connectivity index (χ2n) is 2.46. The van der Waals surface area contributed by atoms with Gasteiger partial charge in [0.2, 0.25) is 6.61 Å². The summed E-state index contributed by atoms with van der Waals surface area (Å²) in [7, 11) is 0. The maximum absolute atomic E-state index is 5.24. The van der Waals surface area contributed by atoms with Crippen LogP contribution in [-0.2, 0) is 6.54 Å². The van der Waals surface area contributed by atoms with Gasteiger partial charge in [-0.25, -0.2) is 0 Å². The molecule has 1 aromatic carbocycles. The van der Waals surface area contributed by atoms with Crippen molar-refractivity contribution < 1.29 is 4.74 Å². The van der Waals surface area contributed by atoms with E-state index in [0.29, 0.717) is 6.54 Å². The van der Waals surface area contributed by atoms with Crippen LogP contribution in [0.4, 0.5) is 0 Å². The average Bonchev–Trinajstić information content (AvgIpc) is 2.28. The van der Waals surface area contributed by atoms with Gasteiger partial charge in [0.15, 0.2) is 0 Å².